The number of para-hydroxylation sites is 1. The van der Waals surface area contributed by atoms with Crippen LogP contribution in [0, 0.1) is 0 Å². The van der Waals surface area contributed by atoms with E-state index < -0.39 is 0 Å². The normalized spacial score (nSPS) is 13.2. The Morgan fingerprint density at radius 2 is 1.89 bits per heavy atom. The Morgan fingerprint density at radius 1 is 1.11 bits per heavy atom. The monoisotopic (exact) mass is 362 g/mol. The Morgan fingerprint density at radius 3 is 2.67 bits per heavy atom. The van der Waals surface area contributed by atoms with Crippen LogP contribution in [0.2, 0.25) is 0 Å². The molecule has 1 heterocycles. The smallest absolute Gasteiger partial charge is 0.257 e. The molecule has 2 aromatic carbocycles. The summed E-state index contributed by atoms with van der Waals surface area (Å²) in [6.45, 7) is 2.52. The van der Waals surface area contributed by atoms with E-state index in [4.69, 9.17) is 4.74 Å². The van der Waals surface area contributed by atoms with Gasteiger partial charge in [0.25, 0.3) is 5.91 Å². The molecular weight excluding hydrogens is 340 g/mol. The first-order chi connectivity index (χ1) is 13.2. The van der Waals surface area contributed by atoms with Crippen molar-refractivity contribution in [2.75, 3.05) is 11.9 Å². The number of anilines is 1. The van der Waals surface area contributed by atoms with E-state index >= 15 is 0 Å². The van der Waals surface area contributed by atoms with Crippen LogP contribution in [0.1, 0.15) is 41.4 Å². The number of rotatable bonds is 4. The fourth-order valence-corrected chi connectivity index (χ4v) is 3.67. The molecule has 0 unspecified atom stereocenters. The zero-order valence-corrected chi connectivity index (χ0v) is 15.3. The predicted octanol–water partition coefficient (Wildman–Crippen LogP) is 4.06. The van der Waals surface area contributed by atoms with Gasteiger partial charge in [0.15, 0.2) is 5.43 Å². The van der Waals surface area contributed by atoms with Gasteiger partial charge in [-0.3, -0.25) is 9.59 Å². The SMILES string of the molecule is CCOc1ccc(NC(=O)c2cccc3c(=O)c4c([nH]c23)CCCC4)cc1. The Hall–Kier alpha value is -3.08. The number of hydrogen-bond donors (Lipinski definition) is 2. The van der Waals surface area contributed by atoms with Gasteiger partial charge < -0.3 is 15.0 Å². The first-order valence-electron chi connectivity index (χ1n) is 9.38. The molecule has 1 aromatic heterocycles. The summed E-state index contributed by atoms with van der Waals surface area (Å²) in [6, 6.07) is 12.5. The molecular formula is C22H22N2O3. The van der Waals surface area contributed by atoms with Crippen LogP contribution in [-0.4, -0.2) is 17.5 Å². The van der Waals surface area contributed by atoms with E-state index in [1.54, 1.807) is 30.3 Å². The lowest BCUT2D eigenvalue weighted by molar-refractivity contribution is 0.102. The zero-order valence-electron chi connectivity index (χ0n) is 15.3. The molecule has 4 rings (SSSR count). The number of aromatic amines is 1. The molecule has 5 nitrogen and oxygen atoms in total. The van der Waals surface area contributed by atoms with Crippen LogP contribution in [-0.2, 0) is 12.8 Å². The third-order valence-electron chi connectivity index (χ3n) is 4.99. The van der Waals surface area contributed by atoms with Crippen LogP contribution in [0.25, 0.3) is 10.9 Å². The number of H-pyrrole nitrogens is 1. The Balaban J connectivity index is 1.69. The van der Waals surface area contributed by atoms with E-state index in [1.165, 1.54) is 0 Å². The van der Waals surface area contributed by atoms with Crippen LogP contribution in [0.5, 0.6) is 5.75 Å². The number of aryl methyl sites for hydroxylation is 1. The minimum absolute atomic E-state index is 0.0502. The largest absolute Gasteiger partial charge is 0.494 e. The second-order valence-electron chi connectivity index (χ2n) is 6.76. The second kappa shape index (κ2) is 7.27. The van der Waals surface area contributed by atoms with E-state index in [0.717, 1.165) is 42.7 Å². The van der Waals surface area contributed by atoms with Crippen LogP contribution >= 0.6 is 0 Å². The minimum Gasteiger partial charge on any atom is -0.494 e. The summed E-state index contributed by atoms with van der Waals surface area (Å²) < 4.78 is 5.42. The van der Waals surface area contributed by atoms with Gasteiger partial charge in [-0.15, -0.1) is 0 Å². The summed E-state index contributed by atoms with van der Waals surface area (Å²) in [7, 11) is 0. The van der Waals surface area contributed by atoms with Gasteiger partial charge in [0.2, 0.25) is 0 Å². The molecule has 0 atom stereocenters. The molecule has 1 amide bonds. The fourth-order valence-electron chi connectivity index (χ4n) is 3.67. The third kappa shape index (κ3) is 3.33. The second-order valence-corrected chi connectivity index (χ2v) is 6.76. The van der Waals surface area contributed by atoms with Crippen molar-refractivity contribution >= 4 is 22.5 Å². The van der Waals surface area contributed by atoms with Crippen molar-refractivity contribution in [3.8, 4) is 5.75 Å². The molecule has 0 aliphatic heterocycles. The number of hydrogen-bond acceptors (Lipinski definition) is 3. The summed E-state index contributed by atoms with van der Waals surface area (Å²) in [5.74, 6) is 0.521. The van der Waals surface area contributed by atoms with Gasteiger partial charge in [0.1, 0.15) is 5.75 Å². The number of carbonyl (C=O) groups is 1. The molecule has 0 saturated heterocycles. The summed E-state index contributed by atoms with van der Waals surface area (Å²) in [5, 5.41) is 3.48. The number of amides is 1. The number of benzene rings is 2. The molecule has 0 radical (unpaired) electrons. The van der Waals surface area contributed by atoms with Gasteiger partial charge in [-0.1, -0.05) is 6.07 Å². The van der Waals surface area contributed by atoms with E-state index in [1.807, 2.05) is 19.1 Å². The molecule has 0 bridgehead atoms. The van der Waals surface area contributed by atoms with Crippen molar-refractivity contribution in [1.29, 1.82) is 0 Å². The Labute approximate surface area is 157 Å². The van der Waals surface area contributed by atoms with Gasteiger partial charge in [-0.05, 0) is 69.0 Å². The molecule has 5 heteroatoms. The average Bonchev–Trinajstić information content (AvgIpc) is 2.69. The van der Waals surface area contributed by atoms with Crippen molar-refractivity contribution in [1.82, 2.24) is 4.98 Å². The van der Waals surface area contributed by atoms with Gasteiger partial charge in [0.05, 0.1) is 17.7 Å². The van der Waals surface area contributed by atoms with Crippen molar-refractivity contribution in [3.05, 3.63) is 69.5 Å². The van der Waals surface area contributed by atoms with E-state index in [2.05, 4.69) is 10.3 Å². The Kier molecular flexibility index (Phi) is 4.67. The summed E-state index contributed by atoms with van der Waals surface area (Å²) in [4.78, 5) is 29.1. The third-order valence-corrected chi connectivity index (χ3v) is 4.99. The van der Waals surface area contributed by atoms with E-state index in [-0.39, 0.29) is 11.3 Å². The number of aromatic nitrogens is 1. The lowest BCUT2D eigenvalue weighted by Gasteiger charge is -2.17. The summed E-state index contributed by atoms with van der Waals surface area (Å²) >= 11 is 0. The van der Waals surface area contributed by atoms with Crippen molar-refractivity contribution in [3.63, 3.8) is 0 Å². The van der Waals surface area contributed by atoms with E-state index in [9.17, 15) is 9.59 Å². The maximum atomic E-state index is 12.9. The van der Waals surface area contributed by atoms with Gasteiger partial charge in [-0.25, -0.2) is 0 Å². The molecule has 0 saturated carbocycles. The van der Waals surface area contributed by atoms with Gasteiger partial charge in [0, 0.05) is 22.3 Å². The minimum atomic E-state index is -0.240. The number of pyridine rings is 1. The maximum Gasteiger partial charge on any atom is 0.257 e. The summed E-state index contributed by atoms with van der Waals surface area (Å²) in [5.41, 5.74) is 3.67. The van der Waals surface area contributed by atoms with Crippen LogP contribution in [0.15, 0.2) is 47.3 Å². The first-order valence-corrected chi connectivity index (χ1v) is 9.38. The molecule has 0 fully saturated rings. The number of carbonyl (C=O) groups excluding carboxylic acids is 1. The molecule has 138 valence electrons. The maximum absolute atomic E-state index is 12.9. The van der Waals surface area contributed by atoms with Crippen molar-refractivity contribution in [2.45, 2.75) is 32.6 Å². The summed E-state index contributed by atoms with van der Waals surface area (Å²) in [6.07, 6.45) is 3.77. The lowest BCUT2D eigenvalue weighted by Crippen LogP contribution is -2.20. The highest BCUT2D eigenvalue weighted by Gasteiger charge is 2.19. The fraction of sp³-hybridized carbons (Fsp3) is 0.273. The number of ether oxygens (including phenoxy) is 1. The van der Waals surface area contributed by atoms with Crippen LogP contribution < -0.4 is 15.5 Å². The van der Waals surface area contributed by atoms with E-state index in [0.29, 0.717) is 28.8 Å². The van der Waals surface area contributed by atoms with Crippen molar-refractivity contribution in [2.24, 2.45) is 0 Å². The van der Waals surface area contributed by atoms with Crippen LogP contribution in [0.3, 0.4) is 0 Å². The van der Waals surface area contributed by atoms with Gasteiger partial charge in [-0.2, -0.15) is 0 Å². The highest BCUT2D eigenvalue weighted by atomic mass is 16.5. The quantitative estimate of drug-likeness (QED) is 0.735. The molecule has 0 spiro atoms. The molecule has 2 N–H and O–H groups in total. The number of fused-ring (bicyclic) bond motifs is 2. The van der Waals surface area contributed by atoms with Crippen molar-refractivity contribution < 1.29 is 9.53 Å². The topological polar surface area (TPSA) is 71.2 Å². The number of nitrogens with one attached hydrogen (secondary N) is 2. The van der Waals surface area contributed by atoms with Crippen LogP contribution in [0.4, 0.5) is 5.69 Å². The zero-order chi connectivity index (χ0) is 18.8. The first kappa shape index (κ1) is 17.3. The molecule has 3 aromatic rings. The lowest BCUT2D eigenvalue weighted by atomic mass is 9.93. The molecule has 1 aliphatic carbocycles. The Bertz CT molecular complexity index is 1050. The molecule has 1 aliphatic rings. The highest BCUT2D eigenvalue weighted by molar-refractivity contribution is 6.11. The predicted molar refractivity (Wildman–Crippen MR) is 107 cm³/mol. The molecule has 27 heavy (non-hydrogen) atoms. The average molecular weight is 362 g/mol. The highest BCUT2D eigenvalue weighted by Crippen LogP contribution is 2.23. The van der Waals surface area contributed by atoms with Gasteiger partial charge >= 0.3 is 0 Å². The standard InChI is InChI=1S/C22H22N2O3/c1-2-27-15-12-10-14(11-13-15)23-22(26)18-8-5-7-17-20(18)24-19-9-4-3-6-16(19)21(17)25/h5,7-8,10-13H,2-4,6,9H2,1H3,(H,23,26)(H,24,25).